The molecule has 0 spiro atoms. The van der Waals surface area contributed by atoms with Crippen LogP contribution in [0, 0.1) is 5.41 Å². The van der Waals surface area contributed by atoms with E-state index in [1.807, 2.05) is 30.3 Å². The predicted octanol–water partition coefficient (Wildman–Crippen LogP) is 7.04. The van der Waals surface area contributed by atoms with Crippen LogP contribution in [0.1, 0.15) is 46.6 Å². The maximum absolute atomic E-state index is 12.2. The Morgan fingerprint density at radius 3 is 2.35 bits per heavy atom. The van der Waals surface area contributed by atoms with Crippen molar-refractivity contribution in [1.82, 2.24) is 0 Å². The summed E-state index contributed by atoms with van der Waals surface area (Å²) in [6.07, 6.45) is 1.09. The van der Waals surface area contributed by atoms with Gasteiger partial charge < -0.3 is 0 Å². The molecular formula is C20H24O2P+. The van der Waals surface area contributed by atoms with E-state index in [9.17, 15) is 4.57 Å². The van der Waals surface area contributed by atoms with Gasteiger partial charge in [0.1, 0.15) is 0 Å². The highest BCUT2D eigenvalue weighted by atomic mass is 31.1. The van der Waals surface area contributed by atoms with Crippen molar-refractivity contribution in [2.24, 2.45) is 5.41 Å². The first-order chi connectivity index (χ1) is 10.7. The SMILES string of the molecule is CC(C)(C)CC(C)(C)c1ccc2o[p+](=O)c3ccccc3c2c1. The summed E-state index contributed by atoms with van der Waals surface area (Å²) in [6, 6.07) is 14.1. The molecule has 3 aromatic rings. The van der Waals surface area contributed by atoms with E-state index in [0.29, 0.717) is 0 Å². The van der Waals surface area contributed by atoms with Crippen LogP contribution in [0.25, 0.3) is 21.5 Å². The molecule has 2 nitrogen and oxygen atoms in total. The van der Waals surface area contributed by atoms with E-state index in [-0.39, 0.29) is 10.8 Å². The molecule has 0 aliphatic rings. The smallest absolute Gasteiger partial charge is 0.250 e. The van der Waals surface area contributed by atoms with Gasteiger partial charge in [-0.15, -0.1) is 0 Å². The van der Waals surface area contributed by atoms with E-state index in [4.69, 9.17) is 4.20 Å². The minimum atomic E-state index is -1.80. The highest BCUT2D eigenvalue weighted by Gasteiger charge is 2.28. The fraction of sp³-hybridized carbons (Fsp3) is 0.400. The van der Waals surface area contributed by atoms with Gasteiger partial charge in [-0.3, -0.25) is 0 Å². The molecule has 2 aromatic carbocycles. The van der Waals surface area contributed by atoms with Gasteiger partial charge >= 0.3 is 7.65 Å². The topological polar surface area (TPSA) is 30.2 Å². The molecule has 0 saturated heterocycles. The van der Waals surface area contributed by atoms with E-state index in [1.165, 1.54) is 5.56 Å². The maximum Gasteiger partial charge on any atom is 0.597 e. The second-order valence-corrected chi connectivity index (χ2v) is 9.38. The first kappa shape index (κ1) is 16.2. The van der Waals surface area contributed by atoms with E-state index in [0.717, 1.165) is 27.9 Å². The molecule has 0 radical (unpaired) electrons. The predicted molar refractivity (Wildman–Crippen MR) is 98.4 cm³/mol. The van der Waals surface area contributed by atoms with Crippen LogP contribution in [0.3, 0.4) is 0 Å². The quantitative estimate of drug-likeness (QED) is 0.472. The van der Waals surface area contributed by atoms with Gasteiger partial charge in [0.25, 0.3) is 0 Å². The molecule has 0 saturated carbocycles. The first-order valence-corrected chi connectivity index (χ1v) is 9.24. The summed E-state index contributed by atoms with van der Waals surface area (Å²) in [5.74, 6) is 0. The van der Waals surface area contributed by atoms with E-state index < -0.39 is 7.65 Å². The zero-order valence-electron chi connectivity index (χ0n) is 14.5. The van der Waals surface area contributed by atoms with Crippen LogP contribution in [-0.2, 0) is 9.98 Å². The largest absolute Gasteiger partial charge is 0.597 e. The summed E-state index contributed by atoms with van der Waals surface area (Å²) in [5, 5.41) is 2.87. The highest BCUT2D eigenvalue weighted by molar-refractivity contribution is 7.37. The lowest BCUT2D eigenvalue weighted by atomic mass is 9.72. The zero-order valence-corrected chi connectivity index (χ0v) is 15.4. The van der Waals surface area contributed by atoms with Crippen molar-refractivity contribution in [3.63, 3.8) is 0 Å². The molecule has 0 N–H and O–H groups in total. The Kier molecular flexibility index (Phi) is 3.84. The molecule has 1 atom stereocenters. The normalized spacial score (nSPS) is 13.7. The molecule has 0 aliphatic heterocycles. The summed E-state index contributed by atoms with van der Waals surface area (Å²) < 4.78 is 17.9. The van der Waals surface area contributed by atoms with Gasteiger partial charge in [-0.2, -0.15) is 0 Å². The van der Waals surface area contributed by atoms with Crippen molar-refractivity contribution in [3.05, 3.63) is 48.0 Å². The van der Waals surface area contributed by atoms with Crippen LogP contribution in [0.4, 0.5) is 0 Å². The highest BCUT2D eigenvalue weighted by Crippen LogP contribution is 2.40. The maximum atomic E-state index is 12.2. The minimum Gasteiger partial charge on any atom is -0.250 e. The van der Waals surface area contributed by atoms with Crippen LogP contribution in [0.2, 0.25) is 0 Å². The number of hydrogen-bond donors (Lipinski definition) is 0. The van der Waals surface area contributed by atoms with Crippen molar-refractivity contribution in [2.75, 3.05) is 0 Å². The van der Waals surface area contributed by atoms with Crippen LogP contribution in [-0.4, -0.2) is 0 Å². The third-order valence-corrected chi connectivity index (χ3v) is 5.45. The summed E-state index contributed by atoms with van der Waals surface area (Å²) in [6.45, 7) is 11.4. The lowest BCUT2D eigenvalue weighted by Gasteiger charge is -2.33. The van der Waals surface area contributed by atoms with Crippen molar-refractivity contribution >= 4 is 29.1 Å². The van der Waals surface area contributed by atoms with Crippen LogP contribution in [0.5, 0.6) is 0 Å². The molecular weight excluding hydrogens is 303 g/mol. The third kappa shape index (κ3) is 3.19. The van der Waals surface area contributed by atoms with Crippen LogP contribution < -0.4 is 0 Å². The third-order valence-electron chi connectivity index (χ3n) is 4.31. The van der Waals surface area contributed by atoms with Crippen LogP contribution >= 0.6 is 7.65 Å². The van der Waals surface area contributed by atoms with Crippen molar-refractivity contribution < 1.29 is 8.76 Å². The Balaban J connectivity index is 2.24. The van der Waals surface area contributed by atoms with E-state index in [2.05, 4.69) is 46.8 Å². The lowest BCUT2D eigenvalue weighted by molar-refractivity contribution is 0.284. The first-order valence-electron chi connectivity index (χ1n) is 8.07. The Morgan fingerprint density at radius 1 is 0.957 bits per heavy atom. The average molecular weight is 327 g/mol. The van der Waals surface area contributed by atoms with Crippen LogP contribution in [0.15, 0.2) is 46.7 Å². The van der Waals surface area contributed by atoms with Gasteiger partial charge in [0.15, 0.2) is 5.58 Å². The molecule has 120 valence electrons. The van der Waals surface area contributed by atoms with Gasteiger partial charge in [0.05, 0.1) is 0 Å². The van der Waals surface area contributed by atoms with Crippen molar-refractivity contribution in [3.8, 4) is 0 Å². The second-order valence-electron chi connectivity index (χ2n) is 8.20. The fourth-order valence-electron chi connectivity index (χ4n) is 3.67. The Bertz CT molecular complexity index is 930. The minimum absolute atomic E-state index is 0.0713. The molecule has 1 unspecified atom stereocenters. The van der Waals surface area contributed by atoms with Gasteiger partial charge in [0.2, 0.25) is 5.12 Å². The van der Waals surface area contributed by atoms with E-state index >= 15 is 0 Å². The molecule has 3 rings (SSSR count). The molecule has 0 amide bonds. The number of rotatable bonds is 2. The molecule has 1 heterocycles. The Morgan fingerprint density at radius 2 is 1.65 bits per heavy atom. The molecule has 0 fully saturated rings. The fourth-order valence-corrected chi connectivity index (χ4v) is 4.70. The molecule has 1 aromatic heterocycles. The Labute approximate surface area is 138 Å². The Hall–Kier alpha value is -1.66. The summed E-state index contributed by atoms with van der Waals surface area (Å²) in [4.78, 5) is 0. The number of benzene rings is 2. The van der Waals surface area contributed by atoms with Gasteiger partial charge in [-0.05, 0) is 51.6 Å². The second kappa shape index (κ2) is 5.46. The molecule has 0 aliphatic carbocycles. The lowest BCUT2D eigenvalue weighted by Crippen LogP contribution is -2.24. The van der Waals surface area contributed by atoms with E-state index in [1.54, 1.807) is 0 Å². The van der Waals surface area contributed by atoms with Crippen molar-refractivity contribution in [1.29, 1.82) is 0 Å². The molecule has 3 heteroatoms. The summed E-state index contributed by atoms with van der Waals surface area (Å²) in [5.41, 5.74) is 2.35. The van der Waals surface area contributed by atoms with Gasteiger partial charge in [-0.25, -0.2) is 4.20 Å². The van der Waals surface area contributed by atoms with Gasteiger partial charge in [-0.1, -0.05) is 52.8 Å². The zero-order chi connectivity index (χ0) is 16.8. The molecule has 23 heavy (non-hydrogen) atoms. The monoisotopic (exact) mass is 327 g/mol. The van der Waals surface area contributed by atoms with Gasteiger partial charge in [0, 0.05) is 10.8 Å². The van der Waals surface area contributed by atoms with Crippen molar-refractivity contribution in [2.45, 2.75) is 46.5 Å². The molecule has 0 bridgehead atoms. The standard InChI is InChI=1S/C20H24O2P/c1-19(2,3)13-20(4,5)14-10-11-17-16(12-14)15-8-6-7-9-18(15)23(21)22-17/h6-12H,13H2,1-5H3/q+1. The number of hydrogen-bond acceptors (Lipinski definition) is 2. The number of fused-ring (bicyclic) bond motifs is 3. The average Bonchev–Trinajstić information content (AvgIpc) is 2.45. The summed E-state index contributed by atoms with van der Waals surface area (Å²) >= 11 is 0. The summed E-state index contributed by atoms with van der Waals surface area (Å²) in [7, 11) is -1.80.